The molecular formula is C7H15BF2. The van der Waals surface area contributed by atoms with Gasteiger partial charge in [0.1, 0.15) is 0 Å². The summed E-state index contributed by atoms with van der Waals surface area (Å²) in [4.78, 5) is 0. The van der Waals surface area contributed by atoms with E-state index in [1.54, 1.807) is 6.92 Å². The molecule has 1 unspecified atom stereocenters. The highest BCUT2D eigenvalue weighted by Gasteiger charge is 2.37. The van der Waals surface area contributed by atoms with Gasteiger partial charge < -0.3 is 0 Å². The summed E-state index contributed by atoms with van der Waals surface area (Å²) in [6.07, 6.45) is 0. The van der Waals surface area contributed by atoms with Crippen molar-refractivity contribution in [2.75, 3.05) is 0 Å². The standard InChI is InChI=1S/C7H15BF2/c1-5(6(2,3)4)7(8,9)10/h5H,8H2,1-4H3. The summed E-state index contributed by atoms with van der Waals surface area (Å²) in [5.41, 5.74) is -0.307. The molecule has 0 aromatic carbocycles. The van der Waals surface area contributed by atoms with Gasteiger partial charge in [-0.05, 0) is 5.41 Å². The fraction of sp³-hybridized carbons (Fsp3) is 1.00. The van der Waals surface area contributed by atoms with Crippen LogP contribution < -0.4 is 0 Å². The third kappa shape index (κ3) is 2.67. The maximum absolute atomic E-state index is 12.6. The Morgan fingerprint density at radius 3 is 1.50 bits per heavy atom. The van der Waals surface area contributed by atoms with E-state index in [0.717, 1.165) is 7.85 Å². The SMILES string of the molecule is BC(F)(F)C(C)C(C)(C)C. The second kappa shape index (κ2) is 2.52. The molecule has 0 aromatic heterocycles. The van der Waals surface area contributed by atoms with Crippen LogP contribution in [0.2, 0.25) is 0 Å². The van der Waals surface area contributed by atoms with Gasteiger partial charge in [-0.25, -0.2) is 8.78 Å². The molecule has 0 aromatic rings. The topological polar surface area (TPSA) is 0 Å². The van der Waals surface area contributed by atoms with E-state index >= 15 is 0 Å². The molecule has 3 heteroatoms. The molecular weight excluding hydrogens is 133 g/mol. The van der Waals surface area contributed by atoms with Crippen LogP contribution in [0.1, 0.15) is 27.7 Å². The van der Waals surface area contributed by atoms with Gasteiger partial charge in [0.05, 0.1) is 0 Å². The van der Waals surface area contributed by atoms with E-state index in [0.29, 0.717) is 0 Å². The van der Waals surface area contributed by atoms with Crippen molar-refractivity contribution in [2.45, 2.75) is 33.5 Å². The molecule has 1 atom stereocenters. The lowest BCUT2D eigenvalue weighted by Gasteiger charge is -2.32. The summed E-state index contributed by atoms with van der Waals surface area (Å²) in [7, 11) is 0.975. The molecule has 0 rings (SSSR count). The van der Waals surface area contributed by atoms with E-state index in [4.69, 9.17) is 0 Å². The fourth-order valence-corrected chi connectivity index (χ4v) is 0.760. The molecule has 0 radical (unpaired) electrons. The largest absolute Gasteiger partial charge is 0.218 e. The van der Waals surface area contributed by atoms with Gasteiger partial charge in [-0.2, -0.15) is 0 Å². The molecule has 0 saturated heterocycles. The van der Waals surface area contributed by atoms with Crippen LogP contribution >= 0.6 is 0 Å². The second-order valence-electron chi connectivity index (χ2n) is 4.04. The minimum absolute atomic E-state index is 0.307. The molecule has 0 N–H and O–H groups in total. The Hall–Kier alpha value is -0.0751. The maximum atomic E-state index is 12.6. The minimum Gasteiger partial charge on any atom is -0.218 e. The Morgan fingerprint density at radius 2 is 1.50 bits per heavy atom. The van der Waals surface area contributed by atoms with E-state index in [1.807, 2.05) is 20.8 Å². The number of hydrogen-bond acceptors (Lipinski definition) is 0. The van der Waals surface area contributed by atoms with Gasteiger partial charge in [-0.15, -0.1) is 0 Å². The molecule has 0 aliphatic rings. The maximum Gasteiger partial charge on any atom is 0.210 e. The van der Waals surface area contributed by atoms with Crippen molar-refractivity contribution < 1.29 is 8.78 Å². The van der Waals surface area contributed by atoms with Gasteiger partial charge in [-0.3, -0.25) is 0 Å². The van der Waals surface area contributed by atoms with E-state index in [2.05, 4.69) is 0 Å². The quantitative estimate of drug-likeness (QED) is 0.498. The van der Waals surface area contributed by atoms with Crippen molar-refractivity contribution in [1.29, 1.82) is 0 Å². The predicted molar refractivity (Wildman–Crippen MR) is 42.1 cm³/mol. The van der Waals surface area contributed by atoms with Crippen LogP contribution in [-0.2, 0) is 0 Å². The highest BCUT2D eigenvalue weighted by atomic mass is 19.3. The molecule has 0 aliphatic carbocycles. The Balaban J connectivity index is 4.23. The van der Waals surface area contributed by atoms with Crippen LogP contribution in [-0.4, -0.2) is 13.7 Å². The van der Waals surface area contributed by atoms with Crippen LogP contribution in [0, 0.1) is 11.3 Å². The number of rotatable bonds is 1. The first-order valence-corrected chi connectivity index (χ1v) is 3.53. The van der Waals surface area contributed by atoms with Gasteiger partial charge in [0.15, 0.2) is 7.85 Å². The predicted octanol–water partition coefficient (Wildman–Crippen LogP) is 1.89. The molecule has 0 heterocycles. The number of halogens is 2. The zero-order valence-electron chi connectivity index (χ0n) is 7.33. The van der Waals surface area contributed by atoms with Gasteiger partial charge in [0, 0.05) is 5.92 Å². The summed E-state index contributed by atoms with van der Waals surface area (Å²) in [5.74, 6) is -3.13. The highest BCUT2D eigenvalue weighted by molar-refractivity contribution is 6.13. The van der Waals surface area contributed by atoms with Gasteiger partial charge in [0.25, 0.3) is 0 Å². The average molecular weight is 148 g/mol. The zero-order valence-corrected chi connectivity index (χ0v) is 7.33. The first kappa shape index (κ1) is 9.92. The molecule has 0 spiro atoms. The van der Waals surface area contributed by atoms with E-state index < -0.39 is 11.7 Å². The highest BCUT2D eigenvalue weighted by Crippen LogP contribution is 2.35. The normalized spacial score (nSPS) is 17.0. The van der Waals surface area contributed by atoms with E-state index in [1.165, 1.54) is 0 Å². The lowest BCUT2D eigenvalue weighted by atomic mass is 9.72. The fourth-order valence-electron chi connectivity index (χ4n) is 0.760. The van der Waals surface area contributed by atoms with Crippen LogP contribution in [0.25, 0.3) is 0 Å². The number of alkyl halides is 2. The van der Waals surface area contributed by atoms with Crippen molar-refractivity contribution >= 4 is 7.85 Å². The first-order valence-electron chi connectivity index (χ1n) is 3.53. The molecule has 0 aliphatic heterocycles. The second-order valence-corrected chi connectivity index (χ2v) is 4.04. The van der Waals surface area contributed by atoms with Crippen LogP contribution in [0.5, 0.6) is 0 Å². The Labute approximate surface area is 62.4 Å². The summed E-state index contributed by atoms with van der Waals surface area (Å²) in [5, 5.41) is 0. The summed E-state index contributed by atoms with van der Waals surface area (Å²) < 4.78 is 25.2. The lowest BCUT2D eigenvalue weighted by Crippen LogP contribution is -2.35. The van der Waals surface area contributed by atoms with Crippen molar-refractivity contribution in [1.82, 2.24) is 0 Å². The van der Waals surface area contributed by atoms with Gasteiger partial charge in [-0.1, -0.05) is 27.7 Å². The van der Waals surface area contributed by atoms with Crippen LogP contribution in [0.3, 0.4) is 0 Å². The third-order valence-electron chi connectivity index (χ3n) is 2.06. The van der Waals surface area contributed by atoms with E-state index in [-0.39, 0.29) is 5.41 Å². The molecule has 0 fully saturated rings. The molecule has 0 saturated carbocycles. The average Bonchev–Trinajstić information content (AvgIpc) is 1.59. The van der Waals surface area contributed by atoms with Crippen molar-refractivity contribution in [2.24, 2.45) is 11.3 Å². The molecule has 0 nitrogen and oxygen atoms in total. The smallest absolute Gasteiger partial charge is 0.210 e. The van der Waals surface area contributed by atoms with Crippen LogP contribution in [0.15, 0.2) is 0 Å². The van der Waals surface area contributed by atoms with Crippen LogP contribution in [0.4, 0.5) is 8.78 Å². The lowest BCUT2D eigenvalue weighted by molar-refractivity contribution is -0.0147. The van der Waals surface area contributed by atoms with Crippen molar-refractivity contribution in [3.63, 3.8) is 0 Å². The summed E-state index contributed by atoms with van der Waals surface area (Å²) in [6.45, 7) is 7.07. The molecule has 60 valence electrons. The minimum atomic E-state index is -2.56. The van der Waals surface area contributed by atoms with Crippen molar-refractivity contribution in [3.05, 3.63) is 0 Å². The zero-order chi connectivity index (χ0) is 8.58. The Kier molecular flexibility index (Phi) is 2.50. The molecule has 10 heavy (non-hydrogen) atoms. The summed E-state index contributed by atoms with van der Waals surface area (Å²) in [6, 6.07) is 0. The Morgan fingerprint density at radius 1 is 1.20 bits per heavy atom. The van der Waals surface area contributed by atoms with Gasteiger partial charge >= 0.3 is 0 Å². The summed E-state index contributed by atoms with van der Waals surface area (Å²) >= 11 is 0. The van der Waals surface area contributed by atoms with Crippen molar-refractivity contribution in [3.8, 4) is 0 Å². The van der Waals surface area contributed by atoms with Gasteiger partial charge in [0.2, 0.25) is 5.82 Å². The Bertz CT molecular complexity index is 95.8. The number of hydrogen-bond donors (Lipinski definition) is 0. The third-order valence-corrected chi connectivity index (χ3v) is 2.06. The monoisotopic (exact) mass is 148 g/mol. The first-order chi connectivity index (χ1) is 4.15. The van der Waals surface area contributed by atoms with E-state index in [9.17, 15) is 8.78 Å². The molecule has 0 bridgehead atoms. The molecule has 0 amide bonds.